The molecule has 1 amide bonds. The van der Waals surface area contributed by atoms with Gasteiger partial charge in [0.15, 0.2) is 0 Å². The van der Waals surface area contributed by atoms with Crippen LogP contribution in [0.4, 0.5) is 0 Å². The zero-order chi connectivity index (χ0) is 8.69. The van der Waals surface area contributed by atoms with E-state index in [2.05, 4.69) is 11.9 Å². The fraction of sp³-hybridized carbons (Fsp3) is 0.625. The van der Waals surface area contributed by atoms with Crippen molar-refractivity contribution in [2.45, 2.75) is 19.8 Å². The van der Waals surface area contributed by atoms with Gasteiger partial charge in [0, 0.05) is 18.7 Å². The van der Waals surface area contributed by atoms with E-state index in [1.807, 2.05) is 0 Å². The molecule has 0 aliphatic rings. The van der Waals surface area contributed by atoms with Crippen LogP contribution in [0.15, 0.2) is 12.2 Å². The minimum absolute atomic E-state index is 0.163. The first-order valence-corrected chi connectivity index (χ1v) is 3.66. The van der Waals surface area contributed by atoms with E-state index in [1.54, 1.807) is 6.92 Å². The molecule has 0 saturated carbocycles. The maximum atomic E-state index is 10.8. The number of aliphatic hydroxyl groups excluding tert-OH is 1. The van der Waals surface area contributed by atoms with Gasteiger partial charge < -0.3 is 5.11 Å². The molecule has 11 heavy (non-hydrogen) atoms. The smallest absolute Gasteiger partial charge is 0.267 e. The number of nitrogens with zero attached hydrogens (tertiary/aromatic N) is 1. The zero-order valence-corrected chi connectivity index (χ0v) is 6.84. The minimum Gasteiger partial charge on any atom is -0.396 e. The lowest BCUT2D eigenvalue weighted by Gasteiger charge is -1.98. The maximum absolute atomic E-state index is 10.8. The van der Waals surface area contributed by atoms with E-state index in [9.17, 15) is 4.79 Å². The number of unbranched alkanes of at least 4 members (excludes halogenated alkanes) is 1. The van der Waals surface area contributed by atoms with Gasteiger partial charge in [-0.1, -0.05) is 6.58 Å². The molecule has 1 radical (unpaired) electrons. The standard InChI is InChI=1S/C8H14NO2/c1-7(2)8(11)9-5-3-4-6-10/h10H,1,3-6H2,2H3. The highest BCUT2D eigenvalue weighted by atomic mass is 16.2. The molecule has 63 valence electrons. The second-order valence-electron chi connectivity index (χ2n) is 2.40. The SMILES string of the molecule is C=C(C)C(=O)[N]CCCCO. The van der Waals surface area contributed by atoms with Crippen molar-refractivity contribution < 1.29 is 9.90 Å². The Kier molecular flexibility index (Phi) is 5.47. The third-order valence-electron chi connectivity index (χ3n) is 1.19. The molecule has 0 unspecified atom stereocenters. The predicted octanol–water partition coefficient (Wildman–Crippen LogP) is 0.466. The summed E-state index contributed by atoms with van der Waals surface area (Å²) in [6.07, 6.45) is 1.46. The summed E-state index contributed by atoms with van der Waals surface area (Å²) in [5.41, 5.74) is 0.467. The number of carbonyl (C=O) groups excluding carboxylic acids is 1. The van der Waals surface area contributed by atoms with Gasteiger partial charge in [0.2, 0.25) is 0 Å². The molecule has 0 heterocycles. The Morgan fingerprint density at radius 2 is 2.18 bits per heavy atom. The molecular weight excluding hydrogens is 142 g/mol. The molecule has 0 aromatic heterocycles. The third kappa shape index (κ3) is 5.61. The van der Waals surface area contributed by atoms with E-state index >= 15 is 0 Å². The Bertz CT molecular complexity index is 143. The summed E-state index contributed by atoms with van der Waals surface area (Å²) in [4.78, 5) is 10.8. The maximum Gasteiger partial charge on any atom is 0.267 e. The largest absolute Gasteiger partial charge is 0.396 e. The summed E-state index contributed by atoms with van der Waals surface area (Å²) in [5.74, 6) is -0.233. The Balaban J connectivity index is 3.25. The van der Waals surface area contributed by atoms with Crippen LogP contribution in [0.1, 0.15) is 19.8 Å². The molecule has 3 heteroatoms. The van der Waals surface area contributed by atoms with E-state index in [-0.39, 0.29) is 12.5 Å². The molecule has 0 aliphatic carbocycles. The van der Waals surface area contributed by atoms with E-state index in [0.717, 1.165) is 6.42 Å². The van der Waals surface area contributed by atoms with Gasteiger partial charge in [-0.15, -0.1) is 0 Å². The molecule has 0 rings (SSSR count). The molecule has 0 fully saturated rings. The minimum atomic E-state index is -0.233. The van der Waals surface area contributed by atoms with Gasteiger partial charge in [0.1, 0.15) is 0 Å². The van der Waals surface area contributed by atoms with Gasteiger partial charge >= 0.3 is 0 Å². The van der Waals surface area contributed by atoms with E-state index in [4.69, 9.17) is 5.11 Å². The van der Waals surface area contributed by atoms with Crippen LogP contribution in [0.3, 0.4) is 0 Å². The van der Waals surface area contributed by atoms with Gasteiger partial charge in [-0.3, -0.25) is 4.79 Å². The topological polar surface area (TPSA) is 51.4 Å². The van der Waals surface area contributed by atoms with Crippen LogP contribution < -0.4 is 5.32 Å². The highest BCUT2D eigenvalue weighted by molar-refractivity contribution is 5.91. The van der Waals surface area contributed by atoms with Crippen molar-refractivity contribution in [2.24, 2.45) is 0 Å². The van der Waals surface area contributed by atoms with Crippen LogP contribution in [-0.2, 0) is 4.79 Å². The van der Waals surface area contributed by atoms with Crippen molar-refractivity contribution in [1.82, 2.24) is 5.32 Å². The van der Waals surface area contributed by atoms with Crippen molar-refractivity contribution in [2.75, 3.05) is 13.2 Å². The molecular formula is C8H14NO2. The normalized spacial score (nSPS) is 9.27. The zero-order valence-electron chi connectivity index (χ0n) is 6.84. The average molecular weight is 156 g/mol. The second kappa shape index (κ2) is 5.92. The molecule has 1 N–H and O–H groups in total. The second-order valence-corrected chi connectivity index (χ2v) is 2.40. The number of carbonyl (C=O) groups is 1. The monoisotopic (exact) mass is 156 g/mol. The highest BCUT2D eigenvalue weighted by Crippen LogP contribution is 1.89. The number of aliphatic hydroxyl groups is 1. The predicted molar refractivity (Wildman–Crippen MR) is 43.1 cm³/mol. The van der Waals surface area contributed by atoms with Crippen LogP contribution in [0.5, 0.6) is 0 Å². The molecule has 0 aromatic carbocycles. The number of hydrogen-bond donors (Lipinski definition) is 1. The van der Waals surface area contributed by atoms with Gasteiger partial charge in [-0.2, -0.15) is 0 Å². The number of rotatable bonds is 5. The molecule has 0 aromatic rings. The van der Waals surface area contributed by atoms with Crippen molar-refractivity contribution in [3.05, 3.63) is 12.2 Å². The summed E-state index contributed by atoms with van der Waals surface area (Å²) in [7, 11) is 0. The average Bonchev–Trinajstić information content (AvgIpc) is 1.97. The van der Waals surface area contributed by atoms with Gasteiger partial charge in [0.05, 0.1) is 0 Å². The summed E-state index contributed by atoms with van der Waals surface area (Å²) < 4.78 is 0. The van der Waals surface area contributed by atoms with Crippen LogP contribution in [0.2, 0.25) is 0 Å². The Morgan fingerprint density at radius 1 is 1.55 bits per heavy atom. The quantitative estimate of drug-likeness (QED) is 0.464. The van der Waals surface area contributed by atoms with E-state index < -0.39 is 0 Å². The van der Waals surface area contributed by atoms with Crippen molar-refractivity contribution in [1.29, 1.82) is 0 Å². The van der Waals surface area contributed by atoms with Crippen LogP contribution in [-0.4, -0.2) is 24.2 Å². The van der Waals surface area contributed by atoms with Crippen LogP contribution in [0, 0.1) is 0 Å². The fourth-order valence-corrected chi connectivity index (χ4v) is 0.539. The summed E-state index contributed by atoms with van der Waals surface area (Å²) >= 11 is 0. The highest BCUT2D eigenvalue weighted by Gasteiger charge is 2.00. The molecule has 3 nitrogen and oxygen atoms in total. The summed E-state index contributed by atoms with van der Waals surface area (Å²) in [6.45, 7) is 5.75. The first-order valence-electron chi connectivity index (χ1n) is 3.66. The summed E-state index contributed by atoms with van der Waals surface area (Å²) in [5, 5.41) is 12.1. The van der Waals surface area contributed by atoms with Gasteiger partial charge in [-0.05, 0) is 19.8 Å². The van der Waals surface area contributed by atoms with E-state index in [0.29, 0.717) is 18.5 Å². The lowest BCUT2D eigenvalue weighted by Crippen LogP contribution is -2.17. The van der Waals surface area contributed by atoms with E-state index in [1.165, 1.54) is 0 Å². The lowest BCUT2D eigenvalue weighted by atomic mass is 10.3. The Hall–Kier alpha value is -0.830. The van der Waals surface area contributed by atoms with Crippen molar-refractivity contribution in [3.8, 4) is 0 Å². The molecule has 0 aliphatic heterocycles. The van der Waals surface area contributed by atoms with Crippen molar-refractivity contribution in [3.63, 3.8) is 0 Å². The molecule has 0 bridgehead atoms. The van der Waals surface area contributed by atoms with Crippen molar-refractivity contribution >= 4 is 5.91 Å². The number of amides is 1. The molecule has 0 atom stereocenters. The molecule has 0 saturated heterocycles. The lowest BCUT2D eigenvalue weighted by molar-refractivity contribution is -0.117. The van der Waals surface area contributed by atoms with Crippen LogP contribution >= 0.6 is 0 Å². The van der Waals surface area contributed by atoms with Gasteiger partial charge in [-0.25, -0.2) is 5.32 Å². The first kappa shape index (κ1) is 10.2. The summed E-state index contributed by atoms with van der Waals surface area (Å²) in [6, 6.07) is 0. The number of hydrogen-bond acceptors (Lipinski definition) is 2. The first-order chi connectivity index (χ1) is 5.18. The van der Waals surface area contributed by atoms with Crippen LogP contribution in [0.25, 0.3) is 0 Å². The Labute approximate surface area is 67.1 Å². The Morgan fingerprint density at radius 3 is 2.64 bits per heavy atom. The van der Waals surface area contributed by atoms with Gasteiger partial charge in [0.25, 0.3) is 5.91 Å². The fourth-order valence-electron chi connectivity index (χ4n) is 0.539. The third-order valence-corrected chi connectivity index (χ3v) is 1.19. The molecule has 0 spiro atoms.